The molecule has 0 rings (SSSR count). The summed E-state index contributed by atoms with van der Waals surface area (Å²) in [6, 6.07) is 0. The molecule has 0 heterocycles. The maximum absolute atomic E-state index is 11.5. The highest BCUT2D eigenvalue weighted by molar-refractivity contribution is 5.84. The van der Waals surface area contributed by atoms with Crippen molar-refractivity contribution in [2.75, 3.05) is 19.8 Å². The van der Waals surface area contributed by atoms with E-state index in [9.17, 15) is 4.79 Å². The van der Waals surface area contributed by atoms with Crippen LogP contribution in [0, 0.1) is 5.92 Å². The molecule has 0 aliphatic carbocycles. The van der Waals surface area contributed by atoms with Crippen LogP contribution in [0.4, 0.5) is 0 Å². The number of carbonyl (C=O) groups is 1. The summed E-state index contributed by atoms with van der Waals surface area (Å²) < 4.78 is 5.74. The molecule has 19 heavy (non-hydrogen) atoms. The summed E-state index contributed by atoms with van der Waals surface area (Å²) in [5, 5.41) is 3.18. The molecule has 0 fully saturated rings. The Morgan fingerprint density at radius 1 is 1.32 bits per heavy atom. The lowest BCUT2D eigenvalue weighted by Gasteiger charge is -2.28. The summed E-state index contributed by atoms with van der Waals surface area (Å²) in [6.07, 6.45) is 5.74. The highest BCUT2D eigenvalue weighted by atomic mass is 16.5. The number of rotatable bonds is 12. The van der Waals surface area contributed by atoms with Crippen LogP contribution in [0.2, 0.25) is 0 Å². The number of hydrogen-bond donors (Lipinski definition) is 2. The molecule has 0 aliphatic heterocycles. The predicted octanol–water partition coefficient (Wildman–Crippen LogP) is 2.46. The number of unbranched alkanes of at least 4 members (excludes halogenated alkanes) is 1. The molecule has 2 unspecified atom stereocenters. The average molecular weight is 272 g/mol. The lowest BCUT2D eigenvalue weighted by atomic mass is 10.00. The van der Waals surface area contributed by atoms with Crippen LogP contribution < -0.4 is 11.1 Å². The Hall–Kier alpha value is -0.610. The van der Waals surface area contributed by atoms with E-state index in [1.807, 2.05) is 6.92 Å². The molecule has 0 aromatic carbocycles. The van der Waals surface area contributed by atoms with Gasteiger partial charge < -0.3 is 15.8 Å². The van der Waals surface area contributed by atoms with Crippen molar-refractivity contribution in [2.45, 2.75) is 65.3 Å². The molecule has 0 radical (unpaired) electrons. The van der Waals surface area contributed by atoms with Crippen molar-refractivity contribution >= 4 is 5.91 Å². The summed E-state index contributed by atoms with van der Waals surface area (Å²) in [7, 11) is 0. The van der Waals surface area contributed by atoms with Gasteiger partial charge in [-0.15, -0.1) is 0 Å². The average Bonchev–Trinajstić information content (AvgIpc) is 2.40. The third-order valence-corrected chi connectivity index (χ3v) is 3.60. The zero-order chi connectivity index (χ0) is 14.7. The number of nitrogens with one attached hydrogen (secondary N) is 1. The number of primary amides is 1. The summed E-state index contributed by atoms with van der Waals surface area (Å²) in [4.78, 5) is 11.5. The van der Waals surface area contributed by atoms with Crippen LogP contribution in [-0.4, -0.2) is 31.2 Å². The van der Waals surface area contributed by atoms with Crippen molar-refractivity contribution < 1.29 is 9.53 Å². The zero-order valence-electron chi connectivity index (χ0n) is 13.1. The maximum Gasteiger partial charge on any atom is 0.239 e. The van der Waals surface area contributed by atoms with E-state index in [2.05, 4.69) is 26.1 Å². The van der Waals surface area contributed by atoms with Gasteiger partial charge in [-0.3, -0.25) is 4.79 Å². The Morgan fingerprint density at radius 2 is 2.00 bits per heavy atom. The third-order valence-electron chi connectivity index (χ3n) is 3.60. The first-order chi connectivity index (χ1) is 9.00. The topological polar surface area (TPSA) is 64.3 Å². The van der Waals surface area contributed by atoms with E-state index < -0.39 is 5.54 Å². The van der Waals surface area contributed by atoms with Crippen LogP contribution >= 0.6 is 0 Å². The minimum absolute atomic E-state index is 0.345. The van der Waals surface area contributed by atoms with Crippen molar-refractivity contribution in [3.05, 3.63) is 0 Å². The molecule has 0 bridgehead atoms. The van der Waals surface area contributed by atoms with Gasteiger partial charge in [0.15, 0.2) is 0 Å². The van der Waals surface area contributed by atoms with Gasteiger partial charge in [0.25, 0.3) is 0 Å². The fraction of sp³-hybridized carbons (Fsp3) is 0.933. The normalized spacial score (nSPS) is 16.0. The van der Waals surface area contributed by atoms with Crippen LogP contribution in [-0.2, 0) is 9.53 Å². The van der Waals surface area contributed by atoms with Crippen LogP contribution in [0.15, 0.2) is 0 Å². The second-order valence-corrected chi connectivity index (χ2v) is 5.55. The first-order valence-corrected chi connectivity index (χ1v) is 7.62. The zero-order valence-corrected chi connectivity index (χ0v) is 13.1. The van der Waals surface area contributed by atoms with Gasteiger partial charge in [0.1, 0.15) is 5.54 Å². The Kier molecular flexibility index (Phi) is 9.88. The van der Waals surface area contributed by atoms with E-state index in [1.165, 1.54) is 19.3 Å². The number of hydrogen-bond acceptors (Lipinski definition) is 3. The lowest BCUT2D eigenvalue weighted by molar-refractivity contribution is -0.126. The Morgan fingerprint density at radius 3 is 2.47 bits per heavy atom. The van der Waals surface area contributed by atoms with Crippen molar-refractivity contribution in [3.63, 3.8) is 0 Å². The molecule has 0 aromatic heterocycles. The molecule has 1 amide bonds. The van der Waals surface area contributed by atoms with Gasteiger partial charge in [-0.05, 0) is 32.2 Å². The van der Waals surface area contributed by atoms with E-state index in [4.69, 9.17) is 10.5 Å². The van der Waals surface area contributed by atoms with Gasteiger partial charge in [0, 0.05) is 6.61 Å². The molecule has 4 heteroatoms. The second kappa shape index (κ2) is 10.2. The van der Waals surface area contributed by atoms with Crippen molar-refractivity contribution in [1.29, 1.82) is 0 Å². The smallest absolute Gasteiger partial charge is 0.239 e. The Balaban J connectivity index is 4.13. The van der Waals surface area contributed by atoms with E-state index in [0.29, 0.717) is 19.1 Å². The van der Waals surface area contributed by atoms with Crippen LogP contribution in [0.5, 0.6) is 0 Å². The predicted molar refractivity (Wildman–Crippen MR) is 80.0 cm³/mol. The third kappa shape index (κ3) is 7.53. The molecular weight excluding hydrogens is 240 g/mol. The first kappa shape index (κ1) is 18.4. The van der Waals surface area contributed by atoms with Crippen molar-refractivity contribution in [2.24, 2.45) is 11.7 Å². The SMILES string of the molecule is CCCCC(CC)COCC(C)(NCCC)C(N)=O. The molecule has 0 aliphatic rings. The highest BCUT2D eigenvalue weighted by Gasteiger charge is 2.30. The number of ether oxygens (including phenoxy) is 1. The molecule has 2 atom stereocenters. The van der Waals surface area contributed by atoms with Gasteiger partial charge in [0.2, 0.25) is 5.91 Å². The molecular formula is C15H32N2O2. The molecule has 3 N–H and O–H groups in total. The molecule has 0 saturated carbocycles. The van der Waals surface area contributed by atoms with E-state index in [-0.39, 0.29) is 5.91 Å². The maximum atomic E-state index is 11.5. The fourth-order valence-corrected chi connectivity index (χ4v) is 1.94. The molecule has 0 spiro atoms. The van der Waals surface area contributed by atoms with Crippen LogP contribution in [0.1, 0.15) is 59.8 Å². The highest BCUT2D eigenvalue weighted by Crippen LogP contribution is 2.14. The van der Waals surface area contributed by atoms with Gasteiger partial charge in [-0.2, -0.15) is 0 Å². The van der Waals surface area contributed by atoms with Gasteiger partial charge in [-0.1, -0.05) is 40.0 Å². The monoisotopic (exact) mass is 272 g/mol. The van der Waals surface area contributed by atoms with E-state index in [1.54, 1.807) is 0 Å². The van der Waals surface area contributed by atoms with E-state index in [0.717, 1.165) is 19.4 Å². The number of amides is 1. The second-order valence-electron chi connectivity index (χ2n) is 5.55. The summed E-state index contributed by atoms with van der Waals surface area (Å²) in [5.41, 5.74) is 4.71. The lowest BCUT2D eigenvalue weighted by Crippen LogP contribution is -2.56. The molecule has 114 valence electrons. The standard InChI is InChI=1S/C15H32N2O2/c1-5-8-9-13(7-3)11-19-12-15(4,14(16)18)17-10-6-2/h13,17H,5-12H2,1-4H3,(H2,16,18). The first-order valence-electron chi connectivity index (χ1n) is 7.62. The van der Waals surface area contributed by atoms with Crippen LogP contribution in [0.25, 0.3) is 0 Å². The van der Waals surface area contributed by atoms with E-state index >= 15 is 0 Å². The molecule has 0 saturated heterocycles. The summed E-state index contributed by atoms with van der Waals surface area (Å²) in [6.45, 7) is 10.1. The van der Waals surface area contributed by atoms with Crippen molar-refractivity contribution in [3.8, 4) is 0 Å². The quantitative estimate of drug-likeness (QED) is 0.573. The molecule has 4 nitrogen and oxygen atoms in total. The molecule has 0 aromatic rings. The number of nitrogens with two attached hydrogens (primary N) is 1. The van der Waals surface area contributed by atoms with Gasteiger partial charge >= 0.3 is 0 Å². The summed E-state index contributed by atoms with van der Waals surface area (Å²) in [5.74, 6) is 0.241. The van der Waals surface area contributed by atoms with Crippen molar-refractivity contribution in [1.82, 2.24) is 5.32 Å². The fourth-order valence-electron chi connectivity index (χ4n) is 1.94. The largest absolute Gasteiger partial charge is 0.379 e. The summed E-state index contributed by atoms with van der Waals surface area (Å²) >= 11 is 0. The Labute approximate surface area is 118 Å². The van der Waals surface area contributed by atoms with Gasteiger partial charge in [0.05, 0.1) is 6.61 Å². The minimum Gasteiger partial charge on any atom is -0.379 e. The van der Waals surface area contributed by atoms with Gasteiger partial charge in [-0.25, -0.2) is 0 Å². The number of carbonyl (C=O) groups excluding carboxylic acids is 1. The minimum atomic E-state index is -0.751. The Bertz CT molecular complexity index is 246. The van der Waals surface area contributed by atoms with Crippen LogP contribution in [0.3, 0.4) is 0 Å².